The fourth-order valence-electron chi connectivity index (χ4n) is 2.15. The van der Waals surface area contributed by atoms with Crippen molar-refractivity contribution in [3.05, 3.63) is 54.1 Å². The van der Waals surface area contributed by atoms with E-state index in [1.165, 1.54) is 0 Å². The number of urea groups is 1. The number of ether oxygens (including phenoxy) is 1. The molecule has 21 heavy (non-hydrogen) atoms. The van der Waals surface area contributed by atoms with Gasteiger partial charge in [-0.25, -0.2) is 4.79 Å². The summed E-state index contributed by atoms with van der Waals surface area (Å²) in [5.74, 6) is 0.651. The largest absolute Gasteiger partial charge is 0.495 e. The summed E-state index contributed by atoms with van der Waals surface area (Å²) in [4.78, 5) is 14.2. The fraction of sp³-hybridized carbons (Fsp3) is 0.235. The van der Waals surface area contributed by atoms with Gasteiger partial charge in [-0.15, -0.1) is 0 Å². The minimum Gasteiger partial charge on any atom is -0.495 e. The van der Waals surface area contributed by atoms with Crippen molar-refractivity contribution < 1.29 is 9.53 Å². The molecule has 110 valence electrons. The van der Waals surface area contributed by atoms with Crippen LogP contribution in [0.4, 0.5) is 16.2 Å². The highest BCUT2D eigenvalue weighted by molar-refractivity contribution is 6.02. The highest BCUT2D eigenvalue weighted by Gasteiger charge is 2.15. The molecule has 0 saturated carbocycles. The van der Waals surface area contributed by atoms with Crippen LogP contribution in [0.1, 0.15) is 12.5 Å². The minimum absolute atomic E-state index is 0.174. The summed E-state index contributed by atoms with van der Waals surface area (Å²) in [6.07, 6.45) is 0. The second-order valence-corrected chi connectivity index (χ2v) is 4.71. The third-order valence-corrected chi connectivity index (χ3v) is 3.23. The second-order valence-electron chi connectivity index (χ2n) is 4.71. The first-order valence-electron chi connectivity index (χ1n) is 6.94. The van der Waals surface area contributed by atoms with E-state index in [2.05, 4.69) is 5.32 Å². The van der Waals surface area contributed by atoms with E-state index in [0.717, 1.165) is 11.3 Å². The Morgan fingerprint density at radius 2 is 1.90 bits per heavy atom. The van der Waals surface area contributed by atoms with Crippen LogP contribution in [0.15, 0.2) is 48.5 Å². The van der Waals surface area contributed by atoms with Gasteiger partial charge in [0, 0.05) is 12.2 Å². The molecule has 2 aromatic rings. The van der Waals surface area contributed by atoms with Crippen molar-refractivity contribution in [1.82, 2.24) is 0 Å². The predicted octanol–water partition coefficient (Wildman–Crippen LogP) is 4.06. The Labute approximate surface area is 125 Å². The van der Waals surface area contributed by atoms with Crippen molar-refractivity contribution in [1.29, 1.82) is 0 Å². The molecule has 0 aliphatic carbocycles. The molecule has 0 saturated heterocycles. The zero-order valence-corrected chi connectivity index (χ0v) is 12.6. The number of para-hydroxylation sites is 1. The lowest BCUT2D eigenvalue weighted by Gasteiger charge is -2.22. The zero-order valence-electron chi connectivity index (χ0n) is 12.6. The molecule has 0 radical (unpaired) electrons. The topological polar surface area (TPSA) is 41.6 Å². The number of amides is 2. The fourth-order valence-corrected chi connectivity index (χ4v) is 2.15. The van der Waals surface area contributed by atoms with Crippen LogP contribution in [0.5, 0.6) is 5.75 Å². The van der Waals surface area contributed by atoms with Crippen LogP contribution in [-0.4, -0.2) is 19.7 Å². The van der Waals surface area contributed by atoms with Gasteiger partial charge in [-0.3, -0.25) is 4.90 Å². The average molecular weight is 284 g/mol. The number of anilines is 2. The van der Waals surface area contributed by atoms with Gasteiger partial charge in [-0.2, -0.15) is 0 Å². The van der Waals surface area contributed by atoms with Gasteiger partial charge in [0.25, 0.3) is 0 Å². The molecule has 0 heterocycles. The summed E-state index contributed by atoms with van der Waals surface area (Å²) in [7, 11) is 1.59. The van der Waals surface area contributed by atoms with E-state index in [1.54, 1.807) is 12.0 Å². The Bertz CT molecular complexity index is 611. The number of hydrogen-bond donors (Lipinski definition) is 1. The molecule has 0 spiro atoms. The van der Waals surface area contributed by atoms with E-state index in [9.17, 15) is 4.79 Å². The number of nitrogens with one attached hydrogen (secondary N) is 1. The van der Waals surface area contributed by atoms with Crippen LogP contribution in [0.2, 0.25) is 0 Å². The number of nitrogens with zero attached hydrogens (tertiary/aromatic N) is 1. The summed E-state index contributed by atoms with van der Waals surface area (Å²) in [6, 6.07) is 15.1. The van der Waals surface area contributed by atoms with Gasteiger partial charge in [0.2, 0.25) is 0 Å². The molecule has 0 aliphatic rings. The molecule has 4 nitrogen and oxygen atoms in total. The van der Waals surface area contributed by atoms with E-state index >= 15 is 0 Å². The van der Waals surface area contributed by atoms with E-state index in [1.807, 2.05) is 62.4 Å². The van der Waals surface area contributed by atoms with E-state index in [0.29, 0.717) is 18.0 Å². The quantitative estimate of drug-likeness (QED) is 0.919. The summed E-state index contributed by atoms with van der Waals surface area (Å²) in [6.45, 7) is 4.51. The van der Waals surface area contributed by atoms with Gasteiger partial charge in [0.1, 0.15) is 5.75 Å². The van der Waals surface area contributed by atoms with Crippen LogP contribution >= 0.6 is 0 Å². The number of hydrogen-bond acceptors (Lipinski definition) is 2. The van der Waals surface area contributed by atoms with Crippen LogP contribution in [0.3, 0.4) is 0 Å². The first kappa shape index (κ1) is 14.9. The second kappa shape index (κ2) is 6.79. The Morgan fingerprint density at radius 1 is 1.19 bits per heavy atom. The van der Waals surface area contributed by atoms with Gasteiger partial charge in [-0.1, -0.05) is 24.3 Å². The molecular weight excluding hydrogens is 264 g/mol. The van der Waals surface area contributed by atoms with Crippen LogP contribution in [0, 0.1) is 6.92 Å². The van der Waals surface area contributed by atoms with Gasteiger partial charge in [-0.05, 0) is 43.7 Å². The highest BCUT2D eigenvalue weighted by Crippen LogP contribution is 2.26. The maximum atomic E-state index is 12.5. The summed E-state index contributed by atoms with van der Waals surface area (Å²) in [5.41, 5.74) is 2.61. The molecule has 4 heteroatoms. The Morgan fingerprint density at radius 3 is 2.52 bits per heavy atom. The van der Waals surface area contributed by atoms with Gasteiger partial charge in [0.05, 0.1) is 12.8 Å². The minimum atomic E-state index is -0.174. The summed E-state index contributed by atoms with van der Waals surface area (Å²) in [5, 5.41) is 2.91. The number of carbonyl (C=O) groups excluding carboxylic acids is 1. The van der Waals surface area contributed by atoms with E-state index < -0.39 is 0 Å². The first-order chi connectivity index (χ1) is 10.2. The molecule has 0 atom stereocenters. The average Bonchev–Trinajstić information content (AvgIpc) is 2.49. The van der Waals surface area contributed by atoms with E-state index in [-0.39, 0.29) is 6.03 Å². The predicted molar refractivity (Wildman–Crippen MR) is 86.2 cm³/mol. The van der Waals surface area contributed by atoms with Crippen molar-refractivity contribution >= 4 is 17.4 Å². The van der Waals surface area contributed by atoms with Gasteiger partial charge < -0.3 is 10.1 Å². The molecule has 0 aliphatic heterocycles. The van der Waals surface area contributed by atoms with E-state index in [4.69, 9.17) is 4.74 Å². The number of methoxy groups -OCH3 is 1. The highest BCUT2D eigenvalue weighted by atomic mass is 16.5. The molecule has 2 aromatic carbocycles. The van der Waals surface area contributed by atoms with Gasteiger partial charge >= 0.3 is 6.03 Å². The maximum absolute atomic E-state index is 12.5. The number of benzene rings is 2. The number of aryl methyl sites for hydroxylation is 1. The Hall–Kier alpha value is -2.49. The van der Waals surface area contributed by atoms with Gasteiger partial charge in [0.15, 0.2) is 0 Å². The number of carbonyl (C=O) groups is 1. The van der Waals surface area contributed by atoms with Crippen LogP contribution in [0.25, 0.3) is 0 Å². The smallest absolute Gasteiger partial charge is 0.326 e. The monoisotopic (exact) mass is 284 g/mol. The van der Waals surface area contributed by atoms with Crippen molar-refractivity contribution in [2.75, 3.05) is 23.9 Å². The zero-order chi connectivity index (χ0) is 15.2. The van der Waals surface area contributed by atoms with Crippen LogP contribution < -0.4 is 15.0 Å². The third kappa shape index (κ3) is 3.54. The Kier molecular flexibility index (Phi) is 4.82. The molecule has 0 aromatic heterocycles. The molecule has 0 bridgehead atoms. The molecule has 0 unspecified atom stereocenters. The molecule has 2 rings (SSSR count). The SMILES string of the molecule is CCN(C(=O)Nc1cc(C)ccc1OC)c1ccccc1. The lowest BCUT2D eigenvalue weighted by Crippen LogP contribution is -2.34. The summed E-state index contributed by atoms with van der Waals surface area (Å²) < 4.78 is 5.29. The van der Waals surface area contributed by atoms with Crippen molar-refractivity contribution in [2.45, 2.75) is 13.8 Å². The maximum Gasteiger partial charge on any atom is 0.326 e. The first-order valence-corrected chi connectivity index (χ1v) is 6.94. The van der Waals surface area contributed by atoms with Crippen LogP contribution in [-0.2, 0) is 0 Å². The molecule has 1 N–H and O–H groups in total. The standard InChI is InChI=1S/C17H20N2O2/c1-4-19(14-8-6-5-7-9-14)17(20)18-15-12-13(2)10-11-16(15)21-3/h5-12H,4H2,1-3H3,(H,18,20). The Balaban J connectivity index is 2.22. The molecular formula is C17H20N2O2. The van der Waals surface area contributed by atoms with Crippen molar-refractivity contribution in [2.24, 2.45) is 0 Å². The van der Waals surface area contributed by atoms with Crippen molar-refractivity contribution in [3.8, 4) is 5.75 Å². The lowest BCUT2D eigenvalue weighted by molar-refractivity contribution is 0.257. The lowest BCUT2D eigenvalue weighted by atomic mass is 10.2. The third-order valence-electron chi connectivity index (χ3n) is 3.23. The summed E-state index contributed by atoms with van der Waals surface area (Å²) >= 11 is 0. The van der Waals surface area contributed by atoms with Crippen molar-refractivity contribution in [3.63, 3.8) is 0 Å². The molecule has 0 fully saturated rings. The normalized spacial score (nSPS) is 10.0. The number of rotatable bonds is 4. The molecule has 2 amide bonds.